The first kappa shape index (κ1) is 12.4. The van der Waals surface area contributed by atoms with Gasteiger partial charge in [0.05, 0.1) is 0 Å². The fraction of sp³-hybridized carbons (Fsp3) is 1.00. The van der Waals surface area contributed by atoms with E-state index in [-0.39, 0.29) is 0 Å². The lowest BCUT2D eigenvalue weighted by atomic mass is 9.78. The first-order valence-corrected chi connectivity index (χ1v) is 7.18. The van der Waals surface area contributed by atoms with E-state index < -0.39 is 0 Å². The lowest BCUT2D eigenvalue weighted by Crippen LogP contribution is -2.52. The number of hydrogen-bond donors (Lipinski definition) is 1. The molecule has 2 saturated carbocycles. The van der Waals surface area contributed by atoms with Crippen molar-refractivity contribution in [2.45, 2.75) is 58.5 Å². The van der Waals surface area contributed by atoms with Gasteiger partial charge in [0.25, 0.3) is 0 Å². The molecule has 0 radical (unpaired) electrons. The molecule has 2 atom stereocenters. The largest absolute Gasteiger partial charge is 0.317 e. The molecule has 0 aromatic rings. The van der Waals surface area contributed by atoms with Crippen LogP contribution in [0.3, 0.4) is 0 Å². The van der Waals surface area contributed by atoms with E-state index in [9.17, 15) is 0 Å². The molecule has 0 spiro atoms. The van der Waals surface area contributed by atoms with Crippen molar-refractivity contribution < 1.29 is 0 Å². The smallest absolute Gasteiger partial charge is 0.0139 e. The SMILES string of the molecule is CCNCC1CCC1N(CC(C)C)C1CC1. The Hall–Kier alpha value is -0.0800. The molecule has 0 bridgehead atoms. The quantitative estimate of drug-likeness (QED) is 0.715. The highest BCUT2D eigenvalue weighted by Crippen LogP contribution is 2.39. The van der Waals surface area contributed by atoms with Gasteiger partial charge in [-0.05, 0) is 50.6 Å². The molecular formula is C14H28N2. The monoisotopic (exact) mass is 224 g/mol. The van der Waals surface area contributed by atoms with Crippen molar-refractivity contribution in [2.24, 2.45) is 11.8 Å². The molecule has 16 heavy (non-hydrogen) atoms. The van der Waals surface area contributed by atoms with Crippen LogP contribution < -0.4 is 5.32 Å². The third-order valence-corrected chi connectivity index (χ3v) is 4.05. The summed E-state index contributed by atoms with van der Waals surface area (Å²) in [7, 11) is 0. The van der Waals surface area contributed by atoms with Crippen LogP contribution in [-0.4, -0.2) is 36.6 Å². The van der Waals surface area contributed by atoms with Crippen LogP contribution >= 0.6 is 0 Å². The highest BCUT2D eigenvalue weighted by atomic mass is 15.2. The average molecular weight is 224 g/mol. The van der Waals surface area contributed by atoms with Crippen molar-refractivity contribution in [1.29, 1.82) is 0 Å². The molecule has 0 saturated heterocycles. The molecule has 2 aliphatic rings. The van der Waals surface area contributed by atoms with E-state index in [2.05, 4.69) is 31.0 Å². The summed E-state index contributed by atoms with van der Waals surface area (Å²) in [5.74, 6) is 1.75. The Balaban J connectivity index is 1.82. The standard InChI is InChI=1S/C14H28N2/c1-4-15-9-12-5-8-14(12)16(10-11(2)3)13-6-7-13/h11-15H,4-10H2,1-3H3. The van der Waals surface area contributed by atoms with E-state index in [0.29, 0.717) is 0 Å². The lowest BCUT2D eigenvalue weighted by Gasteiger charge is -2.45. The molecule has 0 amide bonds. The van der Waals surface area contributed by atoms with E-state index in [1.54, 1.807) is 0 Å². The maximum Gasteiger partial charge on any atom is 0.0139 e. The van der Waals surface area contributed by atoms with Gasteiger partial charge in [-0.2, -0.15) is 0 Å². The first-order valence-electron chi connectivity index (χ1n) is 7.18. The molecule has 2 nitrogen and oxygen atoms in total. The Morgan fingerprint density at radius 1 is 1.19 bits per heavy atom. The van der Waals surface area contributed by atoms with Crippen LogP contribution in [0.25, 0.3) is 0 Å². The Morgan fingerprint density at radius 3 is 2.38 bits per heavy atom. The molecule has 1 N–H and O–H groups in total. The maximum absolute atomic E-state index is 3.52. The Kier molecular flexibility index (Phi) is 4.26. The highest BCUT2D eigenvalue weighted by Gasteiger charge is 2.41. The van der Waals surface area contributed by atoms with Crippen molar-refractivity contribution in [2.75, 3.05) is 19.6 Å². The van der Waals surface area contributed by atoms with Crippen molar-refractivity contribution in [1.82, 2.24) is 10.2 Å². The van der Waals surface area contributed by atoms with Gasteiger partial charge in [0.1, 0.15) is 0 Å². The van der Waals surface area contributed by atoms with Gasteiger partial charge in [-0.25, -0.2) is 0 Å². The van der Waals surface area contributed by atoms with Crippen LogP contribution in [0, 0.1) is 11.8 Å². The van der Waals surface area contributed by atoms with Crippen LogP contribution in [0.1, 0.15) is 46.5 Å². The molecular weight excluding hydrogens is 196 g/mol. The predicted octanol–water partition coefficient (Wildman–Crippen LogP) is 2.49. The van der Waals surface area contributed by atoms with Gasteiger partial charge in [-0.1, -0.05) is 20.8 Å². The number of nitrogens with zero attached hydrogens (tertiary/aromatic N) is 1. The second-order valence-corrected chi connectivity index (χ2v) is 6.03. The zero-order valence-corrected chi connectivity index (χ0v) is 11.2. The summed E-state index contributed by atoms with van der Waals surface area (Å²) in [6, 6.07) is 1.84. The normalized spacial score (nSPS) is 29.8. The summed E-state index contributed by atoms with van der Waals surface area (Å²) in [6.45, 7) is 10.6. The van der Waals surface area contributed by atoms with Crippen molar-refractivity contribution in [3.8, 4) is 0 Å². The van der Waals surface area contributed by atoms with Crippen molar-refractivity contribution in [3.05, 3.63) is 0 Å². The summed E-state index contributed by atoms with van der Waals surface area (Å²) in [6.07, 6.45) is 5.80. The van der Waals surface area contributed by atoms with E-state index in [1.807, 2.05) is 0 Å². The Bertz CT molecular complexity index is 211. The zero-order valence-electron chi connectivity index (χ0n) is 11.2. The van der Waals surface area contributed by atoms with Crippen LogP contribution in [0.5, 0.6) is 0 Å². The molecule has 2 fully saturated rings. The minimum atomic E-state index is 0.820. The van der Waals surface area contributed by atoms with Gasteiger partial charge in [0, 0.05) is 18.6 Å². The third-order valence-electron chi connectivity index (χ3n) is 4.05. The lowest BCUT2D eigenvalue weighted by molar-refractivity contribution is 0.0460. The summed E-state index contributed by atoms with van der Waals surface area (Å²) in [5, 5.41) is 3.52. The summed E-state index contributed by atoms with van der Waals surface area (Å²) < 4.78 is 0. The molecule has 0 aromatic carbocycles. The Labute approximate surface area is 101 Å². The molecule has 2 aliphatic carbocycles. The number of nitrogens with one attached hydrogen (secondary N) is 1. The minimum absolute atomic E-state index is 0.820. The van der Waals surface area contributed by atoms with Crippen molar-refractivity contribution >= 4 is 0 Å². The number of rotatable bonds is 7. The zero-order chi connectivity index (χ0) is 11.5. The topological polar surface area (TPSA) is 15.3 Å². The van der Waals surface area contributed by atoms with Crippen molar-refractivity contribution in [3.63, 3.8) is 0 Å². The Morgan fingerprint density at radius 2 is 1.94 bits per heavy atom. The van der Waals surface area contributed by atoms with Gasteiger partial charge in [-0.3, -0.25) is 4.90 Å². The fourth-order valence-corrected chi connectivity index (χ4v) is 2.94. The van der Waals surface area contributed by atoms with Crippen LogP contribution in [0.4, 0.5) is 0 Å². The van der Waals surface area contributed by atoms with Gasteiger partial charge in [0.15, 0.2) is 0 Å². The average Bonchev–Trinajstić information content (AvgIpc) is 2.98. The molecule has 94 valence electrons. The summed E-state index contributed by atoms with van der Waals surface area (Å²) in [5.41, 5.74) is 0. The minimum Gasteiger partial charge on any atom is -0.317 e. The van der Waals surface area contributed by atoms with Gasteiger partial charge >= 0.3 is 0 Å². The van der Waals surface area contributed by atoms with Gasteiger partial charge < -0.3 is 5.32 Å². The number of hydrogen-bond acceptors (Lipinski definition) is 2. The summed E-state index contributed by atoms with van der Waals surface area (Å²) >= 11 is 0. The van der Waals surface area contributed by atoms with Gasteiger partial charge in [-0.15, -0.1) is 0 Å². The predicted molar refractivity (Wildman–Crippen MR) is 69.6 cm³/mol. The molecule has 2 heteroatoms. The van der Waals surface area contributed by atoms with E-state index in [4.69, 9.17) is 0 Å². The summed E-state index contributed by atoms with van der Waals surface area (Å²) in [4.78, 5) is 2.83. The third kappa shape index (κ3) is 2.98. The fourth-order valence-electron chi connectivity index (χ4n) is 2.94. The van der Waals surface area contributed by atoms with Crippen LogP contribution in [0.15, 0.2) is 0 Å². The maximum atomic E-state index is 3.52. The molecule has 2 unspecified atom stereocenters. The molecule has 0 aromatic heterocycles. The van der Waals surface area contributed by atoms with E-state index in [1.165, 1.54) is 38.8 Å². The second kappa shape index (κ2) is 5.50. The second-order valence-electron chi connectivity index (χ2n) is 6.03. The van der Waals surface area contributed by atoms with E-state index >= 15 is 0 Å². The van der Waals surface area contributed by atoms with Gasteiger partial charge in [0.2, 0.25) is 0 Å². The molecule has 0 aliphatic heterocycles. The molecule has 0 heterocycles. The van der Waals surface area contributed by atoms with E-state index in [0.717, 1.165) is 30.5 Å². The first-order chi connectivity index (χ1) is 7.72. The molecule has 2 rings (SSSR count). The van der Waals surface area contributed by atoms with Crippen LogP contribution in [-0.2, 0) is 0 Å². The highest BCUT2D eigenvalue weighted by molar-refractivity contribution is 4.96. The van der Waals surface area contributed by atoms with Crippen LogP contribution in [0.2, 0.25) is 0 Å².